The minimum absolute atomic E-state index is 0.0179. The Morgan fingerprint density at radius 2 is 1.67 bits per heavy atom. The van der Waals surface area contributed by atoms with Crippen molar-refractivity contribution in [3.05, 3.63) is 88.0 Å². The molecule has 3 aromatic rings. The van der Waals surface area contributed by atoms with E-state index in [4.69, 9.17) is 4.74 Å². The number of ether oxygens (including phenoxy) is 1. The first kappa shape index (κ1) is 14.5. The lowest BCUT2D eigenvalue weighted by atomic mass is 9.97. The van der Waals surface area contributed by atoms with Gasteiger partial charge in [0.2, 0.25) is 0 Å². The molecule has 0 aromatic heterocycles. The summed E-state index contributed by atoms with van der Waals surface area (Å²) in [5, 5.41) is 13.0. The van der Waals surface area contributed by atoms with E-state index in [1.165, 1.54) is 6.07 Å². The number of nitro benzene ring substituents is 1. The van der Waals surface area contributed by atoms with Gasteiger partial charge in [0.25, 0.3) is 5.69 Å². The molecule has 1 aliphatic rings. The molecule has 1 aliphatic heterocycles. The minimum atomic E-state index is -0.670. The highest BCUT2D eigenvalue weighted by Crippen LogP contribution is 2.44. The van der Waals surface area contributed by atoms with E-state index in [0.29, 0.717) is 11.1 Å². The van der Waals surface area contributed by atoms with Gasteiger partial charge in [0, 0.05) is 11.6 Å². The molecule has 0 bridgehead atoms. The summed E-state index contributed by atoms with van der Waals surface area (Å²) in [5.74, 6) is -0.144. The van der Waals surface area contributed by atoms with Crippen molar-refractivity contribution in [1.82, 2.24) is 0 Å². The number of epoxide rings is 1. The van der Waals surface area contributed by atoms with Gasteiger partial charge in [-0.05, 0) is 16.8 Å². The number of Topliss-reactive ketones (excluding diaryl/α,β-unsaturated/α-hetero) is 1. The highest BCUT2D eigenvalue weighted by molar-refractivity contribution is 6.11. The van der Waals surface area contributed by atoms with Gasteiger partial charge in [-0.1, -0.05) is 54.6 Å². The van der Waals surface area contributed by atoms with Crippen LogP contribution in [0.5, 0.6) is 0 Å². The zero-order valence-electron chi connectivity index (χ0n) is 12.6. The van der Waals surface area contributed by atoms with Crippen LogP contribution in [0.4, 0.5) is 5.69 Å². The first-order valence-electron chi connectivity index (χ1n) is 7.57. The van der Waals surface area contributed by atoms with Crippen molar-refractivity contribution < 1.29 is 14.5 Å². The number of para-hydroxylation sites is 1. The second kappa shape index (κ2) is 5.54. The molecule has 5 nitrogen and oxygen atoms in total. The number of fused-ring (bicyclic) bond motifs is 1. The Labute approximate surface area is 137 Å². The third-order valence-electron chi connectivity index (χ3n) is 4.25. The van der Waals surface area contributed by atoms with Crippen LogP contribution in [-0.2, 0) is 4.74 Å². The predicted octanol–water partition coefficient (Wildman–Crippen LogP) is 4.07. The molecule has 0 saturated carbocycles. The number of ketones is 1. The van der Waals surface area contributed by atoms with Crippen LogP contribution in [-0.4, -0.2) is 16.8 Å². The van der Waals surface area contributed by atoms with Gasteiger partial charge in [0.15, 0.2) is 11.9 Å². The smallest absolute Gasteiger partial charge is 0.275 e. The zero-order chi connectivity index (χ0) is 16.7. The second-order valence-electron chi connectivity index (χ2n) is 5.68. The maximum absolute atomic E-state index is 12.8. The molecular weight excluding hydrogens is 306 g/mol. The third-order valence-corrected chi connectivity index (χ3v) is 4.25. The Morgan fingerprint density at radius 3 is 2.50 bits per heavy atom. The monoisotopic (exact) mass is 319 g/mol. The summed E-state index contributed by atoms with van der Waals surface area (Å²) in [4.78, 5) is 23.5. The van der Waals surface area contributed by atoms with Gasteiger partial charge in [-0.15, -0.1) is 0 Å². The molecule has 4 rings (SSSR count). The molecule has 2 atom stereocenters. The quantitative estimate of drug-likeness (QED) is 0.314. The molecule has 3 aromatic carbocycles. The number of carbonyl (C=O) groups excluding carboxylic acids is 1. The van der Waals surface area contributed by atoms with Crippen molar-refractivity contribution in [2.75, 3.05) is 0 Å². The normalized spacial score (nSPS) is 19.2. The fraction of sp³-hybridized carbons (Fsp3) is 0.105. The van der Waals surface area contributed by atoms with E-state index >= 15 is 0 Å². The second-order valence-corrected chi connectivity index (χ2v) is 5.68. The fourth-order valence-electron chi connectivity index (χ4n) is 3.04. The topological polar surface area (TPSA) is 72.7 Å². The summed E-state index contributed by atoms with van der Waals surface area (Å²) < 4.78 is 5.50. The number of hydrogen-bond donors (Lipinski definition) is 0. The van der Waals surface area contributed by atoms with E-state index in [9.17, 15) is 14.9 Å². The molecule has 5 heteroatoms. The van der Waals surface area contributed by atoms with E-state index in [1.807, 2.05) is 36.4 Å². The number of rotatable bonds is 4. The third kappa shape index (κ3) is 2.35. The summed E-state index contributed by atoms with van der Waals surface area (Å²) in [5.41, 5.74) is 1.01. The van der Waals surface area contributed by atoms with Crippen LogP contribution in [0.25, 0.3) is 10.8 Å². The summed E-state index contributed by atoms with van der Waals surface area (Å²) >= 11 is 0. The molecule has 0 N–H and O–H groups in total. The van der Waals surface area contributed by atoms with Gasteiger partial charge >= 0.3 is 0 Å². The average Bonchev–Trinajstić information content (AvgIpc) is 3.41. The van der Waals surface area contributed by atoms with Crippen molar-refractivity contribution in [3.8, 4) is 0 Å². The van der Waals surface area contributed by atoms with E-state index in [2.05, 4.69) is 0 Å². The summed E-state index contributed by atoms with van der Waals surface area (Å²) in [6.07, 6.45) is -1.23. The number of nitro groups is 1. The SMILES string of the molecule is O=C(c1cccc2ccccc12)C1OC1c1ccccc1[N+](=O)[O-]. The number of benzene rings is 3. The summed E-state index contributed by atoms with van der Waals surface area (Å²) in [6, 6.07) is 19.6. The fourth-order valence-corrected chi connectivity index (χ4v) is 3.04. The molecule has 0 amide bonds. The maximum Gasteiger partial charge on any atom is 0.275 e. The molecule has 118 valence electrons. The Balaban J connectivity index is 1.67. The van der Waals surface area contributed by atoms with Gasteiger partial charge in [-0.3, -0.25) is 14.9 Å². The average molecular weight is 319 g/mol. The lowest BCUT2D eigenvalue weighted by Gasteiger charge is -2.04. The molecule has 1 heterocycles. The van der Waals surface area contributed by atoms with Gasteiger partial charge < -0.3 is 4.74 Å². The van der Waals surface area contributed by atoms with E-state index in [-0.39, 0.29) is 11.5 Å². The summed E-state index contributed by atoms with van der Waals surface area (Å²) in [7, 11) is 0. The van der Waals surface area contributed by atoms with Crippen molar-refractivity contribution in [3.63, 3.8) is 0 Å². The molecule has 0 radical (unpaired) electrons. The Kier molecular flexibility index (Phi) is 3.36. The first-order chi connectivity index (χ1) is 11.7. The van der Waals surface area contributed by atoms with Crippen LogP contribution in [0, 0.1) is 10.1 Å². The van der Waals surface area contributed by atoms with Crippen LogP contribution in [0.2, 0.25) is 0 Å². The highest BCUT2D eigenvalue weighted by Gasteiger charge is 2.49. The molecular formula is C19H13NO4. The molecule has 24 heavy (non-hydrogen) atoms. The maximum atomic E-state index is 12.8. The van der Waals surface area contributed by atoms with Gasteiger partial charge in [-0.2, -0.15) is 0 Å². The Hall–Kier alpha value is -3.05. The van der Waals surface area contributed by atoms with Gasteiger partial charge in [0.1, 0.15) is 6.10 Å². The van der Waals surface area contributed by atoms with Crippen LogP contribution >= 0.6 is 0 Å². The van der Waals surface area contributed by atoms with E-state index in [0.717, 1.165) is 10.8 Å². The summed E-state index contributed by atoms with van der Waals surface area (Å²) in [6.45, 7) is 0. The van der Waals surface area contributed by atoms with Crippen molar-refractivity contribution >= 4 is 22.2 Å². The lowest BCUT2D eigenvalue weighted by Crippen LogP contribution is -2.09. The number of hydrogen-bond acceptors (Lipinski definition) is 4. The van der Waals surface area contributed by atoms with E-state index < -0.39 is 17.1 Å². The largest absolute Gasteiger partial charge is 0.355 e. The van der Waals surface area contributed by atoms with Crippen LogP contribution < -0.4 is 0 Å². The Bertz CT molecular complexity index is 961. The van der Waals surface area contributed by atoms with E-state index in [1.54, 1.807) is 24.3 Å². The minimum Gasteiger partial charge on any atom is -0.355 e. The zero-order valence-corrected chi connectivity index (χ0v) is 12.6. The van der Waals surface area contributed by atoms with Gasteiger partial charge in [0.05, 0.1) is 10.5 Å². The van der Waals surface area contributed by atoms with Crippen LogP contribution in [0.15, 0.2) is 66.7 Å². The number of carbonyl (C=O) groups is 1. The predicted molar refractivity (Wildman–Crippen MR) is 89.0 cm³/mol. The molecule has 0 spiro atoms. The molecule has 1 saturated heterocycles. The first-order valence-corrected chi connectivity index (χ1v) is 7.57. The van der Waals surface area contributed by atoms with Crippen molar-refractivity contribution in [2.24, 2.45) is 0 Å². The molecule has 2 unspecified atom stereocenters. The van der Waals surface area contributed by atoms with Crippen LogP contribution in [0.3, 0.4) is 0 Å². The molecule has 0 aliphatic carbocycles. The number of nitrogens with zero attached hydrogens (tertiary/aromatic N) is 1. The Morgan fingerprint density at radius 1 is 0.958 bits per heavy atom. The van der Waals surface area contributed by atoms with Gasteiger partial charge in [-0.25, -0.2) is 0 Å². The van der Waals surface area contributed by atoms with Crippen molar-refractivity contribution in [2.45, 2.75) is 12.2 Å². The molecule has 1 fully saturated rings. The lowest BCUT2D eigenvalue weighted by molar-refractivity contribution is -0.385. The van der Waals surface area contributed by atoms with Crippen LogP contribution in [0.1, 0.15) is 22.0 Å². The standard InChI is InChI=1S/C19H13NO4/c21-17(14-10-5-7-12-6-1-2-8-13(12)14)19-18(24-19)15-9-3-4-11-16(15)20(22)23/h1-11,18-19H. The van der Waals surface area contributed by atoms with Crippen molar-refractivity contribution in [1.29, 1.82) is 0 Å². The highest BCUT2D eigenvalue weighted by atomic mass is 16.6.